The number of aryl methyl sites for hydroxylation is 1. The zero-order valence-electron chi connectivity index (χ0n) is 17.4. The summed E-state index contributed by atoms with van der Waals surface area (Å²) in [5.74, 6) is 1.48. The topological polar surface area (TPSA) is 59.5 Å². The number of Topliss-reactive ketones (excluding diaryl/α,β-unsaturated/α-hetero) is 1. The summed E-state index contributed by atoms with van der Waals surface area (Å²) < 4.78 is 5.80. The third kappa shape index (κ3) is 5.57. The van der Waals surface area contributed by atoms with Gasteiger partial charge < -0.3 is 9.64 Å². The van der Waals surface area contributed by atoms with Gasteiger partial charge in [0.25, 0.3) is 0 Å². The minimum absolute atomic E-state index is 0.0912. The highest BCUT2D eigenvalue weighted by Gasteiger charge is 2.28. The molecule has 1 saturated heterocycles. The fourth-order valence-electron chi connectivity index (χ4n) is 3.90. The lowest BCUT2D eigenvalue weighted by Gasteiger charge is -2.32. The predicted molar refractivity (Wildman–Crippen MR) is 119 cm³/mol. The van der Waals surface area contributed by atoms with Crippen LogP contribution >= 0.6 is 0 Å². The fraction of sp³-hybridized carbons (Fsp3) is 0.269. The van der Waals surface area contributed by atoms with Crippen LogP contribution in [0.3, 0.4) is 0 Å². The van der Waals surface area contributed by atoms with Gasteiger partial charge in [-0.1, -0.05) is 24.3 Å². The Bertz CT molecular complexity index is 1000. The van der Waals surface area contributed by atoms with Gasteiger partial charge in [0.2, 0.25) is 5.91 Å². The van der Waals surface area contributed by atoms with Crippen LogP contribution in [0.15, 0.2) is 79.0 Å². The largest absolute Gasteiger partial charge is 0.457 e. The maximum Gasteiger partial charge on any atom is 0.222 e. The normalized spacial score (nSPS) is 16.0. The van der Waals surface area contributed by atoms with Crippen LogP contribution in [-0.4, -0.2) is 34.7 Å². The Labute approximate surface area is 182 Å². The Kier molecular flexibility index (Phi) is 6.72. The lowest BCUT2D eigenvalue weighted by atomic mass is 9.89. The summed E-state index contributed by atoms with van der Waals surface area (Å²) in [5, 5.41) is 0. The molecule has 5 heteroatoms. The molecule has 2 heterocycles. The van der Waals surface area contributed by atoms with Crippen LogP contribution in [0.5, 0.6) is 11.5 Å². The second-order valence-electron chi connectivity index (χ2n) is 7.80. The third-order valence-corrected chi connectivity index (χ3v) is 5.58. The smallest absolute Gasteiger partial charge is 0.222 e. The van der Waals surface area contributed by atoms with Crippen LogP contribution in [-0.2, 0) is 11.2 Å². The molecule has 2 aromatic carbocycles. The molecule has 1 unspecified atom stereocenters. The maximum absolute atomic E-state index is 13.0. The van der Waals surface area contributed by atoms with Crippen LogP contribution in [0, 0.1) is 5.92 Å². The Balaban J connectivity index is 1.33. The number of pyridine rings is 1. The molecule has 0 radical (unpaired) electrons. The summed E-state index contributed by atoms with van der Waals surface area (Å²) in [6.45, 7) is 1.21. The molecule has 5 nitrogen and oxygen atoms in total. The van der Waals surface area contributed by atoms with Crippen LogP contribution in [0.25, 0.3) is 0 Å². The van der Waals surface area contributed by atoms with Gasteiger partial charge in [-0.05, 0) is 67.8 Å². The van der Waals surface area contributed by atoms with E-state index < -0.39 is 0 Å². The van der Waals surface area contributed by atoms with Crippen LogP contribution in [0.4, 0.5) is 0 Å². The fourth-order valence-corrected chi connectivity index (χ4v) is 3.90. The highest BCUT2D eigenvalue weighted by molar-refractivity contribution is 5.98. The molecule has 1 atom stereocenters. The van der Waals surface area contributed by atoms with Gasteiger partial charge in [-0.25, -0.2) is 0 Å². The highest BCUT2D eigenvalue weighted by Crippen LogP contribution is 2.25. The average Bonchev–Trinajstić information content (AvgIpc) is 2.84. The number of ketones is 1. The first-order chi connectivity index (χ1) is 15.2. The molecule has 0 N–H and O–H groups in total. The number of likely N-dealkylation sites (tertiary alicyclic amines) is 1. The van der Waals surface area contributed by atoms with Gasteiger partial charge in [0, 0.05) is 42.9 Å². The monoisotopic (exact) mass is 414 g/mol. The van der Waals surface area contributed by atoms with Crippen molar-refractivity contribution >= 4 is 11.7 Å². The molecule has 0 bridgehead atoms. The van der Waals surface area contributed by atoms with Crippen molar-refractivity contribution < 1.29 is 14.3 Å². The summed E-state index contributed by atoms with van der Waals surface area (Å²) in [4.78, 5) is 31.8. The van der Waals surface area contributed by atoms with E-state index in [1.807, 2.05) is 77.7 Å². The van der Waals surface area contributed by atoms with Gasteiger partial charge in [-0.15, -0.1) is 0 Å². The van der Waals surface area contributed by atoms with Crippen molar-refractivity contribution in [3.63, 3.8) is 0 Å². The molecule has 1 aliphatic heterocycles. The number of ether oxygens (including phenoxy) is 1. The first kappa shape index (κ1) is 20.8. The number of para-hydroxylation sites is 1. The molecule has 158 valence electrons. The first-order valence-corrected chi connectivity index (χ1v) is 10.7. The van der Waals surface area contributed by atoms with E-state index in [0.29, 0.717) is 37.2 Å². The molecule has 3 aromatic rings. The molecule has 1 fully saturated rings. The summed E-state index contributed by atoms with van der Waals surface area (Å²) in [5.41, 5.74) is 1.58. The minimum atomic E-state index is -0.159. The van der Waals surface area contributed by atoms with Crippen LogP contribution < -0.4 is 4.74 Å². The van der Waals surface area contributed by atoms with Crippen LogP contribution in [0.1, 0.15) is 35.3 Å². The molecule has 31 heavy (non-hydrogen) atoms. The zero-order chi connectivity index (χ0) is 21.5. The minimum Gasteiger partial charge on any atom is -0.457 e. The van der Waals surface area contributed by atoms with Gasteiger partial charge in [0.1, 0.15) is 11.5 Å². The summed E-state index contributed by atoms with van der Waals surface area (Å²) in [7, 11) is 0. The van der Waals surface area contributed by atoms with Gasteiger partial charge >= 0.3 is 0 Å². The average molecular weight is 415 g/mol. The van der Waals surface area contributed by atoms with Crippen molar-refractivity contribution in [3.8, 4) is 11.5 Å². The van der Waals surface area contributed by atoms with E-state index in [1.165, 1.54) is 0 Å². The van der Waals surface area contributed by atoms with Crippen molar-refractivity contribution in [1.82, 2.24) is 9.88 Å². The van der Waals surface area contributed by atoms with Crippen molar-refractivity contribution in [2.45, 2.75) is 25.7 Å². The molecular weight excluding hydrogens is 388 g/mol. The molecule has 1 amide bonds. The molecule has 1 aliphatic rings. The molecular formula is C26H26N2O3. The molecule has 4 rings (SSSR count). The summed E-state index contributed by atoms with van der Waals surface area (Å²) in [6, 6.07) is 22.5. The van der Waals surface area contributed by atoms with Crippen molar-refractivity contribution in [3.05, 3.63) is 90.3 Å². The third-order valence-electron chi connectivity index (χ3n) is 5.58. The van der Waals surface area contributed by atoms with Gasteiger partial charge in [0.05, 0.1) is 0 Å². The number of aromatic nitrogens is 1. The quantitative estimate of drug-likeness (QED) is 0.515. The first-order valence-electron chi connectivity index (χ1n) is 10.7. The predicted octanol–water partition coefficient (Wildman–Crippen LogP) is 4.93. The lowest BCUT2D eigenvalue weighted by molar-refractivity contribution is -0.132. The Morgan fingerprint density at radius 2 is 1.68 bits per heavy atom. The Morgan fingerprint density at radius 3 is 2.42 bits per heavy atom. The summed E-state index contributed by atoms with van der Waals surface area (Å²) >= 11 is 0. The SMILES string of the molecule is O=C(c1ccc(Oc2ccccc2)cc1)C1CCCN(C(=O)CCc2ccccn2)C1. The highest BCUT2D eigenvalue weighted by atomic mass is 16.5. The maximum atomic E-state index is 13.0. The standard InChI is InChI=1S/C26H26N2O3/c29-25(16-13-22-8-4-5-17-27-22)28-18-6-7-21(19-28)26(30)20-11-14-24(15-12-20)31-23-9-2-1-3-10-23/h1-5,8-12,14-15,17,21H,6-7,13,16,18-19H2. The summed E-state index contributed by atoms with van der Waals surface area (Å²) in [6.07, 6.45) is 4.44. The lowest BCUT2D eigenvalue weighted by Crippen LogP contribution is -2.42. The molecule has 0 aliphatic carbocycles. The molecule has 0 saturated carbocycles. The van der Waals surface area contributed by atoms with Gasteiger partial charge in [-0.2, -0.15) is 0 Å². The number of rotatable bonds is 7. The van der Waals surface area contributed by atoms with E-state index in [2.05, 4.69) is 4.98 Å². The number of piperidine rings is 1. The Hall–Kier alpha value is -3.47. The number of carbonyl (C=O) groups excluding carboxylic acids is 2. The van der Waals surface area contributed by atoms with Crippen LogP contribution in [0.2, 0.25) is 0 Å². The number of benzene rings is 2. The van der Waals surface area contributed by atoms with Crippen molar-refractivity contribution in [1.29, 1.82) is 0 Å². The molecule has 1 aromatic heterocycles. The number of hydrogen-bond donors (Lipinski definition) is 0. The Morgan fingerprint density at radius 1 is 0.935 bits per heavy atom. The van der Waals surface area contributed by atoms with E-state index in [4.69, 9.17) is 4.74 Å². The van der Waals surface area contributed by atoms with Gasteiger partial charge in [0.15, 0.2) is 5.78 Å². The number of amides is 1. The van der Waals surface area contributed by atoms with E-state index >= 15 is 0 Å². The molecule has 0 spiro atoms. The van der Waals surface area contributed by atoms with E-state index in [-0.39, 0.29) is 17.6 Å². The van der Waals surface area contributed by atoms with Crippen molar-refractivity contribution in [2.24, 2.45) is 5.92 Å². The second kappa shape index (κ2) is 10.0. The number of nitrogens with zero attached hydrogens (tertiary/aromatic N) is 2. The zero-order valence-corrected chi connectivity index (χ0v) is 17.4. The van der Waals surface area contributed by atoms with E-state index in [1.54, 1.807) is 6.20 Å². The number of carbonyl (C=O) groups is 2. The van der Waals surface area contributed by atoms with E-state index in [0.717, 1.165) is 24.3 Å². The van der Waals surface area contributed by atoms with Crippen molar-refractivity contribution in [2.75, 3.05) is 13.1 Å². The number of hydrogen-bond acceptors (Lipinski definition) is 4. The van der Waals surface area contributed by atoms with E-state index in [9.17, 15) is 9.59 Å². The second-order valence-corrected chi connectivity index (χ2v) is 7.80. The van der Waals surface area contributed by atoms with Gasteiger partial charge in [-0.3, -0.25) is 14.6 Å².